The van der Waals surface area contributed by atoms with Crippen LogP contribution in [0, 0.1) is 0 Å². The number of fused-ring (bicyclic) bond motifs is 1. The Morgan fingerprint density at radius 3 is 2.65 bits per heavy atom. The minimum Gasteiger partial charge on any atom is -0.435 e. The molecule has 0 radical (unpaired) electrons. The maximum Gasteiger partial charge on any atom is 0.286 e. The smallest absolute Gasteiger partial charge is 0.286 e. The quantitative estimate of drug-likeness (QED) is 0.678. The van der Waals surface area contributed by atoms with E-state index in [2.05, 4.69) is 42.6 Å². The third kappa shape index (κ3) is 1.94. The first-order chi connectivity index (χ1) is 8.33. The van der Waals surface area contributed by atoms with Gasteiger partial charge in [-0.2, -0.15) is 0 Å². The van der Waals surface area contributed by atoms with Crippen LogP contribution in [0.25, 0.3) is 11.1 Å². The molecule has 0 amide bonds. The fourth-order valence-electron chi connectivity index (χ4n) is 2.04. The molecule has 2 aromatic carbocycles. The molecule has 0 bridgehead atoms. The van der Waals surface area contributed by atoms with Crippen molar-refractivity contribution in [2.45, 2.75) is 0 Å². The van der Waals surface area contributed by atoms with Gasteiger partial charge in [-0.05, 0) is 23.3 Å². The highest BCUT2D eigenvalue weighted by Gasteiger charge is 2.13. The van der Waals surface area contributed by atoms with Crippen LogP contribution in [0.5, 0.6) is 5.75 Å². The molecule has 0 saturated carbocycles. The topological polar surface area (TPSA) is 12.2 Å². The van der Waals surface area contributed by atoms with Gasteiger partial charge < -0.3 is 4.74 Å². The summed E-state index contributed by atoms with van der Waals surface area (Å²) in [6.07, 6.45) is 2.12. The minimum atomic E-state index is 0.623. The summed E-state index contributed by atoms with van der Waals surface area (Å²) in [6, 6.07) is 16.7. The largest absolute Gasteiger partial charge is 0.435 e. The molecule has 2 aromatic rings. The van der Waals surface area contributed by atoms with E-state index in [4.69, 9.17) is 4.74 Å². The highest BCUT2D eigenvalue weighted by molar-refractivity contribution is 5.84. The molecule has 0 atom stereocenters. The summed E-state index contributed by atoms with van der Waals surface area (Å²) in [5, 5.41) is 0. The molecule has 0 N–H and O–H groups in total. The van der Waals surface area contributed by atoms with Gasteiger partial charge in [-0.3, -0.25) is 0 Å². The summed E-state index contributed by atoms with van der Waals surface area (Å²) in [6.45, 7) is 0.623. The number of rotatable bonds is 1. The van der Waals surface area contributed by atoms with Crippen LogP contribution >= 0.6 is 0 Å². The molecule has 0 aliphatic carbocycles. The van der Waals surface area contributed by atoms with Gasteiger partial charge in [0.25, 0.3) is 6.73 Å². The zero-order chi connectivity index (χ0) is 11.7. The van der Waals surface area contributed by atoms with Crippen LogP contribution in [0.1, 0.15) is 5.56 Å². The van der Waals surface area contributed by atoms with Gasteiger partial charge in [0, 0.05) is 0 Å². The van der Waals surface area contributed by atoms with Gasteiger partial charge in [0.15, 0.2) is 6.21 Å². The predicted octanol–water partition coefficient (Wildman–Crippen LogP) is 2.76. The number of nitrogens with zero attached hydrogens (tertiary/aromatic N) is 1. The van der Waals surface area contributed by atoms with E-state index in [0.29, 0.717) is 6.73 Å². The van der Waals surface area contributed by atoms with Crippen LogP contribution < -0.4 is 4.74 Å². The Balaban J connectivity index is 2.08. The third-order valence-corrected chi connectivity index (χ3v) is 2.90. The van der Waals surface area contributed by atoms with Crippen molar-refractivity contribution in [3.63, 3.8) is 0 Å². The Morgan fingerprint density at radius 2 is 1.82 bits per heavy atom. The van der Waals surface area contributed by atoms with Crippen molar-refractivity contribution in [1.82, 2.24) is 0 Å². The van der Waals surface area contributed by atoms with Crippen molar-refractivity contribution in [2.24, 2.45) is 0 Å². The van der Waals surface area contributed by atoms with Crippen molar-refractivity contribution in [2.75, 3.05) is 13.8 Å². The molecule has 0 fully saturated rings. The summed E-state index contributed by atoms with van der Waals surface area (Å²) >= 11 is 0. The van der Waals surface area contributed by atoms with E-state index < -0.39 is 0 Å². The number of ether oxygens (including phenoxy) is 1. The molecule has 2 nitrogen and oxygen atoms in total. The monoisotopic (exact) mass is 224 g/mol. The second kappa shape index (κ2) is 4.06. The molecule has 0 unspecified atom stereocenters. The van der Waals surface area contributed by atoms with E-state index in [-0.39, 0.29) is 0 Å². The van der Waals surface area contributed by atoms with Crippen molar-refractivity contribution in [1.29, 1.82) is 0 Å². The zero-order valence-electron chi connectivity index (χ0n) is 9.76. The lowest BCUT2D eigenvalue weighted by atomic mass is 10.0. The van der Waals surface area contributed by atoms with Gasteiger partial charge in [-0.1, -0.05) is 36.4 Å². The van der Waals surface area contributed by atoms with Crippen molar-refractivity contribution in [3.8, 4) is 16.9 Å². The normalized spacial score (nSPS) is 13.6. The molecule has 84 valence electrons. The van der Waals surface area contributed by atoms with Gasteiger partial charge >= 0.3 is 0 Å². The Hall–Kier alpha value is -2.09. The van der Waals surface area contributed by atoms with E-state index in [0.717, 1.165) is 11.3 Å². The van der Waals surface area contributed by atoms with Crippen molar-refractivity contribution >= 4 is 6.21 Å². The predicted molar refractivity (Wildman–Crippen MR) is 68.7 cm³/mol. The van der Waals surface area contributed by atoms with E-state index in [9.17, 15) is 0 Å². The summed E-state index contributed by atoms with van der Waals surface area (Å²) in [5.41, 5.74) is 3.59. The fraction of sp³-hybridized carbons (Fsp3) is 0.133. The lowest BCUT2D eigenvalue weighted by molar-refractivity contribution is -0.528. The van der Waals surface area contributed by atoms with Gasteiger partial charge in [0.1, 0.15) is 12.8 Å². The van der Waals surface area contributed by atoms with E-state index in [1.54, 1.807) is 0 Å². The highest BCUT2D eigenvalue weighted by atomic mass is 16.5. The molecule has 0 spiro atoms. The van der Waals surface area contributed by atoms with E-state index in [1.807, 2.05) is 23.8 Å². The van der Waals surface area contributed by atoms with Gasteiger partial charge in [-0.15, -0.1) is 0 Å². The molecule has 17 heavy (non-hydrogen) atoms. The van der Waals surface area contributed by atoms with Crippen LogP contribution in [0.4, 0.5) is 0 Å². The van der Waals surface area contributed by atoms with Crippen LogP contribution in [0.2, 0.25) is 0 Å². The Morgan fingerprint density at radius 1 is 1.00 bits per heavy atom. The van der Waals surface area contributed by atoms with Crippen molar-refractivity contribution < 1.29 is 9.31 Å². The molecule has 1 aliphatic rings. The summed E-state index contributed by atoms with van der Waals surface area (Å²) < 4.78 is 7.66. The Kier molecular flexibility index (Phi) is 2.41. The number of benzene rings is 2. The van der Waals surface area contributed by atoms with E-state index >= 15 is 0 Å². The van der Waals surface area contributed by atoms with Crippen LogP contribution in [0.3, 0.4) is 0 Å². The van der Waals surface area contributed by atoms with E-state index in [1.165, 1.54) is 11.1 Å². The van der Waals surface area contributed by atoms with Crippen LogP contribution in [-0.4, -0.2) is 24.6 Å². The molecule has 0 saturated heterocycles. The van der Waals surface area contributed by atoms with Gasteiger partial charge in [0.2, 0.25) is 0 Å². The first-order valence-electron chi connectivity index (χ1n) is 5.70. The second-order valence-corrected chi connectivity index (χ2v) is 4.28. The standard InChI is InChI=1S/C15H14NO/c1-16-10-14-9-13(7-8-15(14)17-11-16)12-5-3-2-4-6-12/h2-10H,11H2,1H3/q+1. The Labute approximate surface area is 101 Å². The molecular weight excluding hydrogens is 210 g/mol. The SMILES string of the molecule is C[N+]1=Cc2cc(-c3ccccc3)ccc2OC1. The summed E-state index contributed by atoms with van der Waals surface area (Å²) in [5.74, 6) is 0.961. The summed E-state index contributed by atoms with van der Waals surface area (Å²) in [4.78, 5) is 0. The van der Waals surface area contributed by atoms with Gasteiger partial charge in [0.05, 0.1) is 5.56 Å². The minimum absolute atomic E-state index is 0.623. The van der Waals surface area contributed by atoms with Crippen LogP contribution in [-0.2, 0) is 0 Å². The lowest BCUT2D eigenvalue weighted by Gasteiger charge is -2.12. The first kappa shape index (κ1) is 10.1. The molecule has 1 aliphatic heterocycles. The molecule has 2 heteroatoms. The lowest BCUT2D eigenvalue weighted by Crippen LogP contribution is -2.20. The van der Waals surface area contributed by atoms with Gasteiger partial charge in [-0.25, -0.2) is 4.58 Å². The first-order valence-corrected chi connectivity index (χ1v) is 5.70. The third-order valence-electron chi connectivity index (χ3n) is 2.90. The van der Waals surface area contributed by atoms with Crippen LogP contribution in [0.15, 0.2) is 48.5 Å². The number of hydrogen-bond acceptors (Lipinski definition) is 1. The fourth-order valence-corrected chi connectivity index (χ4v) is 2.04. The zero-order valence-corrected chi connectivity index (χ0v) is 9.76. The number of hydrogen-bond donors (Lipinski definition) is 0. The average Bonchev–Trinajstić information content (AvgIpc) is 2.39. The second-order valence-electron chi connectivity index (χ2n) is 4.28. The molecule has 1 heterocycles. The highest BCUT2D eigenvalue weighted by Crippen LogP contribution is 2.26. The maximum atomic E-state index is 5.62. The average molecular weight is 224 g/mol. The molecule has 3 rings (SSSR count). The molecular formula is C15H14NO+. The Bertz CT molecular complexity index is 573. The molecule has 0 aromatic heterocycles. The maximum absolute atomic E-state index is 5.62. The summed E-state index contributed by atoms with van der Waals surface area (Å²) in [7, 11) is 2.01. The van der Waals surface area contributed by atoms with Crippen molar-refractivity contribution in [3.05, 3.63) is 54.1 Å².